The molecule has 0 spiro atoms. The molecule has 1 atom stereocenters. The molecule has 9 heavy (non-hydrogen) atoms. The van der Waals surface area contributed by atoms with Gasteiger partial charge in [0.2, 0.25) is 0 Å². The molecular weight excluding hydrogens is 131 g/mol. The number of nitrogens with one attached hydrogen (secondary N) is 1. The third-order valence-corrected chi connectivity index (χ3v) is 1.55. The van der Waals surface area contributed by atoms with E-state index >= 15 is 0 Å². The van der Waals surface area contributed by atoms with Gasteiger partial charge in [-0.3, -0.25) is 0 Å². The molecule has 0 bridgehead atoms. The largest absolute Gasteiger partial charge is 0.330 e. The molecule has 0 saturated heterocycles. The van der Waals surface area contributed by atoms with Gasteiger partial charge in [0.05, 0.1) is 0 Å². The number of hydrogen-bond acceptors (Lipinski definition) is 2. The van der Waals surface area contributed by atoms with Gasteiger partial charge in [-0.15, -0.1) is 9.24 Å². The summed E-state index contributed by atoms with van der Waals surface area (Å²) in [6.07, 6.45) is 1.97. The lowest BCUT2D eigenvalue weighted by Gasteiger charge is -2.24. The lowest BCUT2D eigenvalue weighted by atomic mass is 10.0. The standard InChI is InChI=1S/C6H17N2P/c1-6(2,3-4-7)8-5-9/h8H,3-5,7,9H2,1-2H3. The van der Waals surface area contributed by atoms with Crippen LogP contribution in [-0.2, 0) is 0 Å². The van der Waals surface area contributed by atoms with Crippen molar-refractivity contribution < 1.29 is 0 Å². The van der Waals surface area contributed by atoms with E-state index in [0.29, 0.717) is 0 Å². The Bertz CT molecular complexity index is 65.5. The van der Waals surface area contributed by atoms with Gasteiger partial charge in [-0.25, -0.2) is 0 Å². The van der Waals surface area contributed by atoms with Crippen LogP contribution in [0, 0.1) is 0 Å². The van der Waals surface area contributed by atoms with E-state index in [4.69, 9.17) is 5.73 Å². The van der Waals surface area contributed by atoms with Gasteiger partial charge in [-0.05, 0) is 26.8 Å². The predicted octanol–water partition coefficient (Wildman–Crippen LogP) is 0.536. The Hall–Kier alpha value is 0.350. The topological polar surface area (TPSA) is 38.0 Å². The minimum absolute atomic E-state index is 0.205. The molecule has 0 aromatic carbocycles. The molecular formula is C6H17N2P. The van der Waals surface area contributed by atoms with Gasteiger partial charge in [-0.2, -0.15) is 0 Å². The summed E-state index contributed by atoms with van der Waals surface area (Å²) in [5.74, 6) is 0. The zero-order valence-electron chi connectivity index (χ0n) is 6.28. The molecule has 0 rings (SSSR count). The molecule has 0 amide bonds. The van der Waals surface area contributed by atoms with Gasteiger partial charge in [0, 0.05) is 11.8 Å². The summed E-state index contributed by atoms with van der Waals surface area (Å²) in [7, 11) is 2.64. The second kappa shape index (κ2) is 4.21. The molecule has 56 valence electrons. The summed E-state index contributed by atoms with van der Waals surface area (Å²) in [6, 6.07) is 0. The lowest BCUT2D eigenvalue weighted by Crippen LogP contribution is -2.39. The molecule has 0 aliphatic rings. The highest BCUT2D eigenvalue weighted by atomic mass is 31.0. The Morgan fingerprint density at radius 2 is 2.11 bits per heavy atom. The van der Waals surface area contributed by atoms with Crippen LogP contribution in [0.1, 0.15) is 20.3 Å². The van der Waals surface area contributed by atoms with E-state index in [2.05, 4.69) is 28.4 Å². The van der Waals surface area contributed by atoms with Crippen LogP contribution < -0.4 is 11.1 Å². The molecule has 0 fully saturated rings. The smallest absolute Gasteiger partial charge is 0.0140 e. The first-order valence-electron chi connectivity index (χ1n) is 3.27. The highest BCUT2D eigenvalue weighted by Gasteiger charge is 2.13. The van der Waals surface area contributed by atoms with Gasteiger partial charge >= 0.3 is 0 Å². The lowest BCUT2D eigenvalue weighted by molar-refractivity contribution is 0.393. The molecule has 3 heteroatoms. The van der Waals surface area contributed by atoms with Crippen LogP contribution in [0.3, 0.4) is 0 Å². The third-order valence-electron chi connectivity index (χ3n) is 1.35. The zero-order chi connectivity index (χ0) is 7.33. The molecule has 0 heterocycles. The normalized spacial score (nSPS) is 12.0. The highest BCUT2D eigenvalue weighted by molar-refractivity contribution is 7.16. The van der Waals surface area contributed by atoms with Crippen molar-refractivity contribution in [2.45, 2.75) is 25.8 Å². The fourth-order valence-corrected chi connectivity index (χ4v) is 1.28. The summed E-state index contributed by atoms with van der Waals surface area (Å²) in [6.45, 7) is 5.07. The third kappa shape index (κ3) is 4.83. The molecule has 0 aliphatic carbocycles. The van der Waals surface area contributed by atoms with Gasteiger partial charge in [0.15, 0.2) is 0 Å². The Kier molecular flexibility index (Phi) is 4.37. The summed E-state index contributed by atoms with van der Waals surface area (Å²) in [5, 5.41) is 3.31. The van der Waals surface area contributed by atoms with E-state index in [1.165, 1.54) is 0 Å². The van der Waals surface area contributed by atoms with E-state index in [0.717, 1.165) is 19.3 Å². The van der Waals surface area contributed by atoms with E-state index < -0.39 is 0 Å². The maximum atomic E-state index is 5.40. The van der Waals surface area contributed by atoms with Gasteiger partial charge in [0.25, 0.3) is 0 Å². The number of rotatable bonds is 4. The minimum atomic E-state index is 0.205. The van der Waals surface area contributed by atoms with Crippen LogP contribution in [0.15, 0.2) is 0 Å². The molecule has 2 nitrogen and oxygen atoms in total. The molecule has 3 N–H and O–H groups in total. The van der Waals surface area contributed by atoms with Crippen molar-refractivity contribution in [2.24, 2.45) is 5.73 Å². The molecule has 1 unspecified atom stereocenters. The first-order valence-corrected chi connectivity index (χ1v) is 4.09. The fraction of sp³-hybridized carbons (Fsp3) is 1.00. The molecule has 0 saturated carbocycles. The van der Waals surface area contributed by atoms with Crippen molar-refractivity contribution in [3.8, 4) is 0 Å². The quantitative estimate of drug-likeness (QED) is 0.571. The van der Waals surface area contributed by atoms with Crippen molar-refractivity contribution in [3.63, 3.8) is 0 Å². The van der Waals surface area contributed by atoms with Crippen LogP contribution in [0.4, 0.5) is 0 Å². The van der Waals surface area contributed by atoms with Gasteiger partial charge in [0.1, 0.15) is 0 Å². The van der Waals surface area contributed by atoms with Gasteiger partial charge in [-0.1, -0.05) is 0 Å². The molecule has 0 aliphatic heterocycles. The second-order valence-corrected chi connectivity index (χ2v) is 3.21. The van der Waals surface area contributed by atoms with Crippen LogP contribution >= 0.6 is 9.24 Å². The Balaban J connectivity index is 3.43. The fourth-order valence-electron chi connectivity index (χ4n) is 0.726. The van der Waals surface area contributed by atoms with Crippen LogP contribution in [0.2, 0.25) is 0 Å². The Labute approximate surface area is 59.8 Å². The molecule has 0 aromatic heterocycles. The first kappa shape index (κ1) is 9.35. The summed E-state index contributed by atoms with van der Waals surface area (Å²) < 4.78 is 0. The number of hydrogen-bond donors (Lipinski definition) is 2. The Morgan fingerprint density at radius 1 is 1.56 bits per heavy atom. The SMILES string of the molecule is CC(C)(CCN)NCP. The molecule has 0 radical (unpaired) electrons. The van der Waals surface area contributed by atoms with Crippen molar-refractivity contribution in [3.05, 3.63) is 0 Å². The summed E-state index contributed by atoms with van der Waals surface area (Å²) >= 11 is 0. The predicted molar refractivity (Wildman–Crippen MR) is 45.5 cm³/mol. The zero-order valence-corrected chi connectivity index (χ0v) is 7.43. The minimum Gasteiger partial charge on any atom is -0.330 e. The highest BCUT2D eigenvalue weighted by Crippen LogP contribution is 2.06. The molecule has 0 aromatic rings. The summed E-state index contributed by atoms with van der Waals surface area (Å²) in [5.41, 5.74) is 5.60. The van der Waals surface area contributed by atoms with Crippen LogP contribution in [0.5, 0.6) is 0 Å². The second-order valence-electron chi connectivity index (χ2n) is 2.80. The van der Waals surface area contributed by atoms with E-state index in [1.54, 1.807) is 0 Å². The first-order chi connectivity index (χ1) is 4.12. The van der Waals surface area contributed by atoms with E-state index in [9.17, 15) is 0 Å². The summed E-state index contributed by atoms with van der Waals surface area (Å²) in [4.78, 5) is 0. The average molecular weight is 148 g/mol. The van der Waals surface area contributed by atoms with Crippen molar-refractivity contribution in [1.82, 2.24) is 5.32 Å². The van der Waals surface area contributed by atoms with Crippen molar-refractivity contribution >= 4 is 9.24 Å². The van der Waals surface area contributed by atoms with Crippen molar-refractivity contribution in [2.75, 3.05) is 12.8 Å². The van der Waals surface area contributed by atoms with Gasteiger partial charge < -0.3 is 11.1 Å². The Morgan fingerprint density at radius 3 is 2.44 bits per heavy atom. The number of nitrogens with two attached hydrogens (primary N) is 1. The van der Waals surface area contributed by atoms with Crippen LogP contribution in [-0.4, -0.2) is 18.4 Å². The van der Waals surface area contributed by atoms with Crippen LogP contribution in [0.25, 0.3) is 0 Å². The maximum Gasteiger partial charge on any atom is 0.0140 e. The van der Waals surface area contributed by atoms with E-state index in [-0.39, 0.29) is 5.54 Å². The van der Waals surface area contributed by atoms with E-state index in [1.807, 2.05) is 0 Å². The average Bonchev–Trinajstić information content (AvgIpc) is 1.64. The van der Waals surface area contributed by atoms with Crippen molar-refractivity contribution in [1.29, 1.82) is 0 Å². The monoisotopic (exact) mass is 148 g/mol. The maximum absolute atomic E-state index is 5.40.